The predicted octanol–water partition coefficient (Wildman–Crippen LogP) is 3.70. The van der Waals surface area contributed by atoms with Crippen LogP contribution in [0.4, 0.5) is 5.69 Å². The molecule has 1 amide bonds. The number of carbonyl (C=O) groups is 1. The van der Waals surface area contributed by atoms with Crippen molar-refractivity contribution in [2.75, 3.05) is 11.9 Å². The molecule has 2 aromatic rings. The van der Waals surface area contributed by atoms with E-state index in [0.717, 1.165) is 11.1 Å². The van der Waals surface area contributed by atoms with Gasteiger partial charge < -0.3 is 10.4 Å². The van der Waals surface area contributed by atoms with Crippen LogP contribution >= 0.6 is 22.9 Å². The molecule has 0 saturated heterocycles. The number of benzene rings is 1. The molecule has 2 rings (SSSR count). The molecular weight excluding hydrogens is 306 g/mol. The monoisotopic (exact) mass is 319 g/mol. The molecule has 0 aliphatic carbocycles. The van der Waals surface area contributed by atoms with E-state index < -0.39 is 0 Å². The Balaban J connectivity index is 2.27. The zero-order chi connectivity index (χ0) is 15.2. The van der Waals surface area contributed by atoms with Gasteiger partial charge in [0, 0.05) is 12.0 Å². The van der Waals surface area contributed by atoms with E-state index in [1.165, 1.54) is 11.3 Å². The maximum atomic E-state index is 12.2. The lowest BCUT2D eigenvalue weighted by molar-refractivity contribution is 0.103. The van der Waals surface area contributed by atoms with Crippen molar-refractivity contribution >= 4 is 34.5 Å². The van der Waals surface area contributed by atoms with Gasteiger partial charge in [-0.25, -0.2) is 0 Å². The summed E-state index contributed by atoms with van der Waals surface area (Å²) >= 11 is 7.26. The Kier molecular flexibility index (Phi) is 5.40. The summed E-state index contributed by atoms with van der Waals surface area (Å²) in [6.07, 6.45) is 0.401. The van der Waals surface area contributed by atoms with E-state index in [1.807, 2.05) is 25.1 Å². The van der Waals surface area contributed by atoms with E-state index in [9.17, 15) is 4.79 Å². The van der Waals surface area contributed by atoms with Gasteiger partial charge in [-0.05, 0) is 36.1 Å². The van der Waals surface area contributed by atoms with E-state index in [0.29, 0.717) is 22.0 Å². The smallest absolute Gasteiger partial charge is 0.267 e. The van der Waals surface area contributed by atoms with Crippen molar-refractivity contribution < 1.29 is 9.90 Å². The van der Waals surface area contributed by atoms with Crippen LogP contribution in [-0.2, 0) is 0 Å². The predicted molar refractivity (Wildman–Crippen MR) is 87.0 cm³/mol. The van der Waals surface area contributed by atoms with Gasteiger partial charge in [0.25, 0.3) is 5.91 Å². The molecule has 0 aliphatic rings. The molecule has 0 atom stereocenters. The number of hydrogen-bond acceptors (Lipinski definition) is 3. The number of thiophene rings is 1. The first-order valence-electron chi connectivity index (χ1n) is 6.36. The number of anilines is 1. The molecule has 5 heteroatoms. The van der Waals surface area contributed by atoms with Crippen LogP contribution in [0, 0.1) is 18.8 Å². The van der Waals surface area contributed by atoms with Crippen LogP contribution in [0.2, 0.25) is 5.02 Å². The molecule has 1 aromatic carbocycles. The van der Waals surface area contributed by atoms with E-state index in [-0.39, 0.29) is 12.5 Å². The molecule has 0 spiro atoms. The first kappa shape index (κ1) is 15.6. The van der Waals surface area contributed by atoms with E-state index in [2.05, 4.69) is 17.2 Å². The summed E-state index contributed by atoms with van der Waals surface area (Å²) in [5.74, 6) is 5.56. The molecule has 0 unspecified atom stereocenters. The van der Waals surface area contributed by atoms with E-state index in [4.69, 9.17) is 16.7 Å². The molecule has 0 saturated carbocycles. The number of amides is 1. The average molecular weight is 320 g/mol. The van der Waals surface area contributed by atoms with Crippen LogP contribution in [0.5, 0.6) is 0 Å². The minimum Gasteiger partial charge on any atom is -0.395 e. The number of aliphatic hydroxyl groups is 1. The summed E-state index contributed by atoms with van der Waals surface area (Å²) in [4.78, 5) is 12.7. The normalized spacial score (nSPS) is 9.86. The van der Waals surface area contributed by atoms with Crippen molar-refractivity contribution in [1.82, 2.24) is 0 Å². The van der Waals surface area contributed by atoms with Gasteiger partial charge in [-0.1, -0.05) is 29.5 Å². The molecule has 0 aliphatic heterocycles. The fraction of sp³-hybridized carbons (Fsp3) is 0.188. The van der Waals surface area contributed by atoms with Crippen LogP contribution in [0.3, 0.4) is 0 Å². The third kappa shape index (κ3) is 4.08. The first-order chi connectivity index (χ1) is 10.1. The van der Waals surface area contributed by atoms with Crippen LogP contribution < -0.4 is 5.32 Å². The lowest BCUT2D eigenvalue weighted by Gasteiger charge is -2.08. The molecule has 0 bridgehead atoms. The maximum Gasteiger partial charge on any atom is 0.267 e. The van der Waals surface area contributed by atoms with Crippen molar-refractivity contribution in [3.63, 3.8) is 0 Å². The van der Waals surface area contributed by atoms with Crippen LogP contribution in [0.25, 0.3) is 0 Å². The van der Waals surface area contributed by atoms with Crippen molar-refractivity contribution in [3.05, 3.63) is 50.7 Å². The van der Waals surface area contributed by atoms with Gasteiger partial charge in [-0.3, -0.25) is 4.79 Å². The van der Waals surface area contributed by atoms with Crippen molar-refractivity contribution in [2.45, 2.75) is 13.3 Å². The summed E-state index contributed by atoms with van der Waals surface area (Å²) in [6.45, 7) is 1.96. The highest BCUT2D eigenvalue weighted by atomic mass is 35.5. The highest BCUT2D eigenvalue weighted by molar-refractivity contribution is 7.12. The molecule has 21 heavy (non-hydrogen) atoms. The molecule has 1 aromatic heterocycles. The van der Waals surface area contributed by atoms with Gasteiger partial charge in [0.1, 0.15) is 4.88 Å². The second-order valence-corrected chi connectivity index (χ2v) is 5.70. The van der Waals surface area contributed by atoms with Crippen LogP contribution in [0.1, 0.15) is 27.2 Å². The lowest BCUT2D eigenvalue weighted by atomic mass is 10.1. The topological polar surface area (TPSA) is 49.3 Å². The van der Waals surface area contributed by atoms with Gasteiger partial charge in [-0.15, -0.1) is 11.3 Å². The minimum atomic E-state index is -0.245. The first-order valence-corrected chi connectivity index (χ1v) is 7.62. The molecule has 1 heterocycles. The Bertz CT molecular complexity index is 713. The largest absolute Gasteiger partial charge is 0.395 e. The van der Waals surface area contributed by atoms with Crippen LogP contribution in [-0.4, -0.2) is 17.6 Å². The Morgan fingerprint density at radius 3 is 2.90 bits per heavy atom. The minimum absolute atomic E-state index is 0.0192. The third-order valence-corrected chi connectivity index (χ3v) is 4.05. The van der Waals surface area contributed by atoms with Crippen molar-refractivity contribution in [1.29, 1.82) is 0 Å². The fourth-order valence-corrected chi connectivity index (χ4v) is 2.76. The average Bonchev–Trinajstić information content (AvgIpc) is 2.88. The summed E-state index contributed by atoms with van der Waals surface area (Å²) in [6, 6.07) is 7.34. The quantitative estimate of drug-likeness (QED) is 0.848. The maximum absolute atomic E-state index is 12.2. The number of aliphatic hydroxyl groups excluding tert-OH is 1. The Hall–Kier alpha value is -1.80. The number of nitrogens with one attached hydrogen (secondary N) is 1. The second kappa shape index (κ2) is 7.28. The SMILES string of the molecule is Cc1ccc(C#CCCO)c(NC(=O)c2sccc2Cl)c1. The van der Waals surface area contributed by atoms with Gasteiger partial charge in [0.2, 0.25) is 0 Å². The van der Waals surface area contributed by atoms with E-state index >= 15 is 0 Å². The standard InChI is InChI=1S/C16H14ClNO2S/c1-11-5-6-12(4-2-3-8-19)14(10-11)18-16(20)15-13(17)7-9-21-15/h5-7,9-10,19H,3,8H2,1H3,(H,18,20). The number of halogens is 1. The number of hydrogen-bond donors (Lipinski definition) is 2. The Labute approximate surface area is 132 Å². The van der Waals surface area contributed by atoms with Gasteiger partial charge in [0.15, 0.2) is 0 Å². The number of rotatable bonds is 3. The molecule has 0 radical (unpaired) electrons. The van der Waals surface area contributed by atoms with Crippen molar-refractivity contribution in [2.24, 2.45) is 0 Å². The molecule has 3 nitrogen and oxygen atoms in total. The Morgan fingerprint density at radius 2 is 2.24 bits per heavy atom. The van der Waals surface area contributed by atoms with Gasteiger partial charge in [-0.2, -0.15) is 0 Å². The van der Waals surface area contributed by atoms with Gasteiger partial charge >= 0.3 is 0 Å². The zero-order valence-electron chi connectivity index (χ0n) is 11.4. The zero-order valence-corrected chi connectivity index (χ0v) is 13.0. The van der Waals surface area contributed by atoms with Gasteiger partial charge in [0.05, 0.1) is 17.3 Å². The summed E-state index contributed by atoms with van der Waals surface area (Å²) in [7, 11) is 0. The lowest BCUT2D eigenvalue weighted by Crippen LogP contribution is -2.12. The number of aryl methyl sites for hydroxylation is 1. The number of carbonyl (C=O) groups excluding carboxylic acids is 1. The molecule has 108 valence electrons. The second-order valence-electron chi connectivity index (χ2n) is 4.38. The fourth-order valence-electron chi connectivity index (χ4n) is 1.72. The molecule has 0 fully saturated rings. The van der Waals surface area contributed by atoms with E-state index in [1.54, 1.807) is 11.4 Å². The highest BCUT2D eigenvalue weighted by Gasteiger charge is 2.13. The van der Waals surface area contributed by atoms with Crippen LogP contribution in [0.15, 0.2) is 29.6 Å². The Morgan fingerprint density at radius 1 is 1.43 bits per heavy atom. The summed E-state index contributed by atoms with van der Waals surface area (Å²) in [5.41, 5.74) is 2.39. The van der Waals surface area contributed by atoms with Crippen molar-refractivity contribution in [3.8, 4) is 11.8 Å². The summed E-state index contributed by atoms with van der Waals surface area (Å²) < 4.78 is 0. The summed E-state index contributed by atoms with van der Waals surface area (Å²) in [5, 5.41) is 13.8. The highest BCUT2D eigenvalue weighted by Crippen LogP contribution is 2.24. The molecular formula is C16H14ClNO2S. The molecule has 2 N–H and O–H groups in total. The third-order valence-electron chi connectivity index (χ3n) is 2.71.